The van der Waals surface area contributed by atoms with E-state index in [9.17, 15) is 9.50 Å². The molecule has 3 nitrogen and oxygen atoms in total. The summed E-state index contributed by atoms with van der Waals surface area (Å²) in [6.45, 7) is 1.56. The van der Waals surface area contributed by atoms with Crippen molar-refractivity contribution >= 4 is 0 Å². The van der Waals surface area contributed by atoms with Crippen molar-refractivity contribution in [3.63, 3.8) is 0 Å². The number of nitrogens with two attached hydrogens (primary N) is 1. The molecular weight excluding hydrogens is 172 g/mol. The van der Waals surface area contributed by atoms with Gasteiger partial charge in [-0.25, -0.2) is 4.39 Å². The summed E-state index contributed by atoms with van der Waals surface area (Å²) in [5, 5.41) is 18.5. The second-order valence-corrected chi connectivity index (χ2v) is 3.01. The number of phenolic OH excluding ortho intramolecular Hbond substituents is 1. The Labute approximate surface area is 75.6 Å². The first-order chi connectivity index (χ1) is 6.02. The van der Waals surface area contributed by atoms with Crippen LogP contribution in [-0.4, -0.2) is 16.3 Å². The molecule has 72 valence electrons. The molecule has 0 saturated carbocycles. The summed E-state index contributed by atoms with van der Waals surface area (Å²) in [6, 6.07) is 2.91. The van der Waals surface area contributed by atoms with Crippen LogP contribution >= 0.6 is 0 Å². The number of aliphatic hydroxyl groups is 1. The zero-order valence-corrected chi connectivity index (χ0v) is 7.24. The van der Waals surface area contributed by atoms with E-state index in [0.717, 1.165) is 6.07 Å². The summed E-state index contributed by atoms with van der Waals surface area (Å²) >= 11 is 0. The molecular formula is C9H12FNO2. The molecule has 0 aromatic heterocycles. The van der Waals surface area contributed by atoms with E-state index in [4.69, 9.17) is 10.8 Å². The lowest BCUT2D eigenvalue weighted by atomic mass is 10.0. The average molecular weight is 184 g/mol. The molecule has 0 aliphatic rings. The van der Waals surface area contributed by atoms with E-state index in [1.807, 2.05) is 0 Å². The van der Waals surface area contributed by atoms with E-state index >= 15 is 0 Å². The molecule has 1 rings (SSSR count). The lowest BCUT2D eigenvalue weighted by Crippen LogP contribution is -2.25. The number of rotatable bonds is 2. The number of hydrogen-bond acceptors (Lipinski definition) is 3. The van der Waals surface area contributed by atoms with E-state index < -0.39 is 18.0 Å². The summed E-state index contributed by atoms with van der Waals surface area (Å²) in [7, 11) is 0. The van der Waals surface area contributed by atoms with E-state index in [2.05, 4.69) is 0 Å². The molecule has 0 saturated heterocycles. The first-order valence-corrected chi connectivity index (χ1v) is 3.94. The van der Waals surface area contributed by atoms with Crippen LogP contribution in [0.5, 0.6) is 5.75 Å². The van der Waals surface area contributed by atoms with Crippen molar-refractivity contribution in [3.8, 4) is 5.75 Å². The van der Waals surface area contributed by atoms with Crippen LogP contribution in [0.25, 0.3) is 0 Å². The number of phenols is 1. The topological polar surface area (TPSA) is 66.5 Å². The molecule has 4 N–H and O–H groups in total. The Kier molecular flexibility index (Phi) is 2.85. The fourth-order valence-electron chi connectivity index (χ4n) is 1.04. The van der Waals surface area contributed by atoms with Crippen molar-refractivity contribution < 1.29 is 14.6 Å². The first kappa shape index (κ1) is 9.95. The first-order valence-electron chi connectivity index (χ1n) is 3.94. The zero-order chi connectivity index (χ0) is 10.0. The van der Waals surface area contributed by atoms with E-state index in [0.29, 0.717) is 0 Å². The van der Waals surface area contributed by atoms with E-state index in [1.165, 1.54) is 12.1 Å². The minimum atomic E-state index is -1.09. The molecule has 0 radical (unpaired) electrons. The molecule has 1 aromatic rings. The van der Waals surface area contributed by atoms with Gasteiger partial charge in [-0.2, -0.15) is 0 Å². The lowest BCUT2D eigenvalue weighted by molar-refractivity contribution is 0.148. The van der Waals surface area contributed by atoms with Crippen LogP contribution < -0.4 is 5.73 Å². The maximum atomic E-state index is 13.1. The molecule has 0 bridgehead atoms. The number of benzene rings is 1. The van der Waals surface area contributed by atoms with Crippen molar-refractivity contribution in [3.05, 3.63) is 29.6 Å². The van der Waals surface area contributed by atoms with E-state index in [1.54, 1.807) is 6.92 Å². The Bertz CT molecular complexity index is 302. The molecule has 0 heterocycles. The van der Waals surface area contributed by atoms with Gasteiger partial charge in [-0.3, -0.25) is 0 Å². The molecule has 0 amide bonds. The van der Waals surface area contributed by atoms with Crippen molar-refractivity contribution in [2.75, 3.05) is 0 Å². The fraction of sp³-hybridized carbons (Fsp3) is 0.333. The van der Waals surface area contributed by atoms with Gasteiger partial charge in [-0.15, -0.1) is 0 Å². The molecule has 13 heavy (non-hydrogen) atoms. The Morgan fingerprint density at radius 2 is 2.08 bits per heavy atom. The molecule has 0 aliphatic heterocycles. The predicted molar refractivity (Wildman–Crippen MR) is 46.7 cm³/mol. The third kappa shape index (κ3) is 2.17. The minimum Gasteiger partial charge on any atom is -0.508 e. The summed E-state index contributed by atoms with van der Waals surface area (Å²) < 4.78 is 13.1. The van der Waals surface area contributed by atoms with Crippen LogP contribution in [0, 0.1) is 5.82 Å². The van der Waals surface area contributed by atoms with Crippen molar-refractivity contribution in [2.45, 2.75) is 19.1 Å². The highest BCUT2D eigenvalue weighted by Crippen LogP contribution is 2.23. The van der Waals surface area contributed by atoms with Gasteiger partial charge in [0, 0.05) is 11.6 Å². The number of aromatic hydroxyl groups is 1. The number of aliphatic hydroxyl groups excluding tert-OH is 1. The van der Waals surface area contributed by atoms with Gasteiger partial charge < -0.3 is 15.9 Å². The van der Waals surface area contributed by atoms with Gasteiger partial charge in [0.1, 0.15) is 11.6 Å². The molecule has 2 atom stereocenters. The van der Waals surface area contributed by atoms with Crippen molar-refractivity contribution in [1.29, 1.82) is 0 Å². The lowest BCUT2D eigenvalue weighted by Gasteiger charge is -2.15. The van der Waals surface area contributed by atoms with Gasteiger partial charge in [0.25, 0.3) is 0 Å². The Balaban J connectivity index is 3.05. The highest BCUT2D eigenvalue weighted by Gasteiger charge is 2.16. The SMILES string of the molecule is CC(N)C(O)c1cc(O)ccc1[18F]. The normalized spacial score (nSPS) is 15.4. The van der Waals surface area contributed by atoms with Crippen LogP contribution in [0.2, 0.25) is 0 Å². The zero-order valence-electron chi connectivity index (χ0n) is 7.24. The van der Waals surface area contributed by atoms with Gasteiger partial charge >= 0.3 is 0 Å². The molecule has 1 aromatic carbocycles. The highest BCUT2D eigenvalue weighted by molar-refractivity contribution is 5.30. The average Bonchev–Trinajstić information content (AvgIpc) is 2.08. The number of hydrogen-bond donors (Lipinski definition) is 3. The summed E-state index contributed by atoms with van der Waals surface area (Å²) in [6.07, 6.45) is -1.09. The van der Waals surface area contributed by atoms with Gasteiger partial charge in [-0.05, 0) is 25.1 Å². The summed E-state index contributed by atoms with van der Waals surface area (Å²) in [5.74, 6) is -0.654. The van der Waals surface area contributed by atoms with E-state index in [-0.39, 0.29) is 11.3 Å². The Hall–Kier alpha value is -1.13. The third-order valence-electron chi connectivity index (χ3n) is 1.80. The van der Waals surface area contributed by atoms with Crippen LogP contribution in [0.3, 0.4) is 0 Å². The van der Waals surface area contributed by atoms with Crippen LogP contribution in [0.1, 0.15) is 18.6 Å². The summed E-state index contributed by atoms with van der Waals surface area (Å²) in [5.41, 5.74) is 5.41. The fourth-order valence-corrected chi connectivity index (χ4v) is 1.04. The van der Waals surface area contributed by atoms with Gasteiger partial charge in [0.05, 0.1) is 6.10 Å². The molecule has 0 spiro atoms. The molecule has 0 aliphatic carbocycles. The quantitative estimate of drug-likeness (QED) is 0.640. The Morgan fingerprint density at radius 1 is 1.46 bits per heavy atom. The maximum Gasteiger partial charge on any atom is 0.129 e. The van der Waals surface area contributed by atoms with Gasteiger partial charge in [0.2, 0.25) is 0 Å². The largest absolute Gasteiger partial charge is 0.508 e. The summed E-state index contributed by atoms with van der Waals surface area (Å²) in [4.78, 5) is 0. The van der Waals surface area contributed by atoms with Crippen molar-refractivity contribution in [1.82, 2.24) is 0 Å². The third-order valence-corrected chi connectivity index (χ3v) is 1.80. The highest BCUT2D eigenvalue weighted by atomic mass is 18.2. The van der Waals surface area contributed by atoms with Crippen LogP contribution in [0.15, 0.2) is 18.2 Å². The van der Waals surface area contributed by atoms with Gasteiger partial charge in [-0.1, -0.05) is 0 Å². The predicted octanol–water partition coefficient (Wildman–Crippen LogP) is 0.912. The maximum absolute atomic E-state index is 13.1. The second-order valence-electron chi connectivity index (χ2n) is 3.01. The van der Waals surface area contributed by atoms with Gasteiger partial charge in [0.15, 0.2) is 0 Å². The molecule has 4 heteroatoms. The van der Waals surface area contributed by atoms with Crippen molar-refractivity contribution in [2.24, 2.45) is 5.73 Å². The minimum absolute atomic E-state index is 0.0231. The van der Waals surface area contributed by atoms with Crippen LogP contribution in [-0.2, 0) is 0 Å². The van der Waals surface area contributed by atoms with Crippen LogP contribution in [0.4, 0.5) is 4.39 Å². The standard InChI is InChI=1S/C9H12FNO2/c1-5(11)9(13)7-4-6(12)2-3-8(7)10/h2-5,9,12-13H,11H2,1H3/i10-1. The molecule has 2 unspecified atom stereocenters. The molecule has 0 fully saturated rings. The second kappa shape index (κ2) is 3.72. The monoisotopic (exact) mass is 184 g/mol. The Morgan fingerprint density at radius 3 is 2.62 bits per heavy atom. The smallest absolute Gasteiger partial charge is 0.129 e. The number of halogens is 1.